The SMILES string of the molecule is O=C1CN(C(=O)NC(Cc2ccccc2)C(=O)NCCCc2ccccc2)c2ccccc2N1. The molecule has 7 heteroatoms. The molecule has 1 atom stereocenters. The van der Waals surface area contributed by atoms with Crippen LogP contribution in [0, 0.1) is 0 Å². The molecule has 0 radical (unpaired) electrons. The van der Waals surface area contributed by atoms with Gasteiger partial charge in [-0.1, -0.05) is 72.8 Å². The van der Waals surface area contributed by atoms with Crippen LogP contribution in [-0.4, -0.2) is 37.0 Å². The van der Waals surface area contributed by atoms with Gasteiger partial charge in [-0.05, 0) is 36.1 Å². The van der Waals surface area contributed by atoms with Crippen molar-refractivity contribution >= 4 is 29.2 Å². The molecule has 4 rings (SSSR count). The molecule has 174 valence electrons. The number of rotatable bonds is 8. The van der Waals surface area contributed by atoms with Crippen molar-refractivity contribution in [3.8, 4) is 0 Å². The van der Waals surface area contributed by atoms with Crippen molar-refractivity contribution in [3.63, 3.8) is 0 Å². The summed E-state index contributed by atoms with van der Waals surface area (Å²) in [5, 5.41) is 8.58. The molecule has 1 aliphatic heterocycles. The third-order valence-electron chi connectivity index (χ3n) is 5.70. The van der Waals surface area contributed by atoms with Crippen molar-refractivity contribution in [3.05, 3.63) is 96.1 Å². The van der Waals surface area contributed by atoms with Crippen LogP contribution in [0.4, 0.5) is 16.2 Å². The summed E-state index contributed by atoms with van der Waals surface area (Å²) in [7, 11) is 0. The number of hydrogen-bond acceptors (Lipinski definition) is 3. The van der Waals surface area contributed by atoms with E-state index in [1.807, 2.05) is 48.5 Å². The van der Waals surface area contributed by atoms with E-state index in [0.717, 1.165) is 18.4 Å². The second-order valence-electron chi connectivity index (χ2n) is 8.22. The molecule has 3 aromatic carbocycles. The van der Waals surface area contributed by atoms with Gasteiger partial charge in [-0.25, -0.2) is 4.79 Å². The van der Waals surface area contributed by atoms with Gasteiger partial charge in [0.2, 0.25) is 11.8 Å². The highest BCUT2D eigenvalue weighted by atomic mass is 16.2. The molecule has 3 N–H and O–H groups in total. The number of amides is 4. The Morgan fingerprint density at radius 3 is 2.26 bits per heavy atom. The van der Waals surface area contributed by atoms with Crippen LogP contribution in [0.1, 0.15) is 17.5 Å². The molecule has 7 nitrogen and oxygen atoms in total. The first-order valence-corrected chi connectivity index (χ1v) is 11.4. The van der Waals surface area contributed by atoms with E-state index < -0.39 is 12.1 Å². The van der Waals surface area contributed by atoms with E-state index in [4.69, 9.17) is 0 Å². The third-order valence-corrected chi connectivity index (χ3v) is 5.70. The van der Waals surface area contributed by atoms with E-state index in [1.54, 1.807) is 24.3 Å². The minimum Gasteiger partial charge on any atom is -0.354 e. The molecule has 4 amide bonds. The van der Waals surface area contributed by atoms with Crippen molar-refractivity contribution < 1.29 is 14.4 Å². The first-order chi connectivity index (χ1) is 16.6. The summed E-state index contributed by atoms with van der Waals surface area (Å²) in [5.74, 6) is -0.529. The Labute approximate surface area is 199 Å². The number of para-hydroxylation sites is 2. The zero-order valence-corrected chi connectivity index (χ0v) is 18.9. The van der Waals surface area contributed by atoms with E-state index in [1.165, 1.54) is 10.5 Å². The zero-order valence-electron chi connectivity index (χ0n) is 18.9. The highest BCUT2D eigenvalue weighted by Gasteiger charge is 2.30. The molecule has 34 heavy (non-hydrogen) atoms. The Kier molecular flexibility index (Phi) is 7.55. The first kappa shape index (κ1) is 23.0. The van der Waals surface area contributed by atoms with Gasteiger partial charge in [-0.2, -0.15) is 0 Å². The van der Waals surface area contributed by atoms with Crippen molar-refractivity contribution in [1.82, 2.24) is 10.6 Å². The van der Waals surface area contributed by atoms with Crippen molar-refractivity contribution in [1.29, 1.82) is 0 Å². The Hall–Kier alpha value is -4.13. The number of nitrogens with zero attached hydrogens (tertiary/aromatic N) is 1. The van der Waals surface area contributed by atoms with Crippen LogP contribution < -0.4 is 20.9 Å². The molecule has 0 fully saturated rings. The quantitative estimate of drug-likeness (QED) is 0.453. The fraction of sp³-hybridized carbons (Fsp3) is 0.222. The molecule has 0 saturated carbocycles. The fourth-order valence-electron chi connectivity index (χ4n) is 3.97. The molecule has 1 aliphatic rings. The number of benzene rings is 3. The lowest BCUT2D eigenvalue weighted by molar-refractivity contribution is -0.122. The Balaban J connectivity index is 1.42. The number of carbonyl (C=O) groups is 3. The predicted molar refractivity (Wildman–Crippen MR) is 133 cm³/mol. The monoisotopic (exact) mass is 456 g/mol. The van der Waals surface area contributed by atoms with E-state index in [0.29, 0.717) is 24.3 Å². The van der Waals surface area contributed by atoms with E-state index in [2.05, 4.69) is 28.1 Å². The summed E-state index contributed by atoms with van der Waals surface area (Å²) < 4.78 is 0. The molecule has 0 saturated heterocycles. The third kappa shape index (κ3) is 6.01. The number of anilines is 2. The molecule has 0 spiro atoms. The van der Waals surface area contributed by atoms with Crippen LogP contribution in [0.3, 0.4) is 0 Å². The topological polar surface area (TPSA) is 90.5 Å². The van der Waals surface area contributed by atoms with Gasteiger partial charge in [0.05, 0.1) is 11.4 Å². The molecule has 0 bridgehead atoms. The predicted octanol–water partition coefficient (Wildman–Crippen LogP) is 3.52. The molecule has 1 heterocycles. The highest BCUT2D eigenvalue weighted by molar-refractivity contribution is 6.10. The maximum Gasteiger partial charge on any atom is 0.323 e. The van der Waals surface area contributed by atoms with Gasteiger partial charge in [0.15, 0.2) is 0 Å². The summed E-state index contributed by atoms with van der Waals surface area (Å²) in [6.07, 6.45) is 2.00. The first-order valence-electron chi connectivity index (χ1n) is 11.4. The number of aryl methyl sites for hydroxylation is 1. The van der Waals surface area contributed by atoms with Gasteiger partial charge in [-0.15, -0.1) is 0 Å². The minimum atomic E-state index is -0.774. The van der Waals surface area contributed by atoms with Gasteiger partial charge >= 0.3 is 6.03 Å². The summed E-state index contributed by atoms with van der Waals surface area (Å²) in [4.78, 5) is 39.7. The summed E-state index contributed by atoms with van der Waals surface area (Å²) >= 11 is 0. The normalized spacial score (nSPS) is 13.4. The fourth-order valence-corrected chi connectivity index (χ4v) is 3.97. The second kappa shape index (κ2) is 11.1. The zero-order chi connectivity index (χ0) is 23.8. The number of fused-ring (bicyclic) bond motifs is 1. The minimum absolute atomic E-state index is 0.112. The van der Waals surface area contributed by atoms with Crippen LogP contribution >= 0.6 is 0 Å². The summed E-state index contributed by atoms with van der Waals surface area (Å²) in [6.45, 7) is 0.392. The lowest BCUT2D eigenvalue weighted by atomic mass is 10.0. The van der Waals surface area contributed by atoms with Gasteiger partial charge in [0, 0.05) is 13.0 Å². The Morgan fingerprint density at radius 1 is 0.882 bits per heavy atom. The second-order valence-corrected chi connectivity index (χ2v) is 8.22. The van der Waals surface area contributed by atoms with Gasteiger partial charge in [0.25, 0.3) is 0 Å². The van der Waals surface area contributed by atoms with Crippen LogP contribution in [0.25, 0.3) is 0 Å². The van der Waals surface area contributed by atoms with Crippen molar-refractivity contribution in [2.45, 2.75) is 25.3 Å². The lowest BCUT2D eigenvalue weighted by Gasteiger charge is -2.30. The molecule has 3 aromatic rings. The Morgan fingerprint density at radius 2 is 1.53 bits per heavy atom. The molecule has 0 aromatic heterocycles. The van der Waals surface area contributed by atoms with Crippen LogP contribution in [0.5, 0.6) is 0 Å². The smallest absolute Gasteiger partial charge is 0.323 e. The average Bonchev–Trinajstić information content (AvgIpc) is 2.86. The van der Waals surface area contributed by atoms with Gasteiger partial charge < -0.3 is 16.0 Å². The summed E-state index contributed by atoms with van der Waals surface area (Å²) in [5.41, 5.74) is 3.32. The maximum absolute atomic E-state index is 13.2. The van der Waals surface area contributed by atoms with Crippen LogP contribution in [0.15, 0.2) is 84.9 Å². The van der Waals surface area contributed by atoms with Gasteiger partial charge in [0.1, 0.15) is 12.6 Å². The van der Waals surface area contributed by atoms with Crippen LogP contribution in [0.2, 0.25) is 0 Å². The lowest BCUT2D eigenvalue weighted by Crippen LogP contribution is -2.54. The standard InChI is InChI=1S/C27H28N4O3/c32-25-19-31(24-16-8-7-15-22(24)29-25)27(34)30-23(18-21-12-5-2-6-13-21)26(33)28-17-9-14-20-10-3-1-4-11-20/h1-8,10-13,15-16,23H,9,14,17-19H2,(H,28,33)(H,29,32)(H,30,34). The maximum atomic E-state index is 13.2. The molecular weight excluding hydrogens is 428 g/mol. The van der Waals surface area contributed by atoms with E-state index >= 15 is 0 Å². The largest absolute Gasteiger partial charge is 0.354 e. The molecule has 1 unspecified atom stereocenters. The number of urea groups is 1. The van der Waals surface area contributed by atoms with Crippen LogP contribution in [-0.2, 0) is 22.4 Å². The molecular formula is C27H28N4O3. The van der Waals surface area contributed by atoms with E-state index in [9.17, 15) is 14.4 Å². The van der Waals surface area contributed by atoms with Crippen molar-refractivity contribution in [2.75, 3.05) is 23.3 Å². The van der Waals surface area contributed by atoms with E-state index in [-0.39, 0.29) is 18.4 Å². The number of hydrogen-bond donors (Lipinski definition) is 3. The average molecular weight is 457 g/mol. The number of nitrogens with one attached hydrogen (secondary N) is 3. The molecule has 0 aliphatic carbocycles. The van der Waals surface area contributed by atoms with Gasteiger partial charge in [-0.3, -0.25) is 14.5 Å². The Bertz CT molecular complexity index is 1130. The van der Waals surface area contributed by atoms with Crippen molar-refractivity contribution in [2.24, 2.45) is 0 Å². The highest BCUT2D eigenvalue weighted by Crippen LogP contribution is 2.28. The summed E-state index contributed by atoms with van der Waals surface area (Å²) in [6, 6.07) is 25.5. The number of carbonyl (C=O) groups excluding carboxylic acids is 3.